The molecular formula is C12H20O6. The van der Waals surface area contributed by atoms with Crippen molar-refractivity contribution >= 4 is 0 Å². The molecule has 18 heavy (non-hydrogen) atoms. The quantitative estimate of drug-likeness (QED) is 0.735. The number of aliphatic hydroxyl groups excluding tert-OH is 1. The van der Waals surface area contributed by atoms with Gasteiger partial charge in [-0.15, -0.1) is 0 Å². The topological polar surface area (TPSA) is 66.4 Å². The zero-order valence-electron chi connectivity index (χ0n) is 11.1. The molecule has 104 valence electrons. The second-order valence-corrected chi connectivity index (χ2v) is 5.92. The van der Waals surface area contributed by atoms with Crippen molar-refractivity contribution in [3.05, 3.63) is 0 Å². The van der Waals surface area contributed by atoms with E-state index in [4.69, 9.17) is 23.7 Å². The molecule has 0 amide bonds. The highest BCUT2D eigenvalue weighted by molar-refractivity contribution is 4.99. The minimum atomic E-state index is -0.978. The average molecular weight is 260 g/mol. The first-order valence-corrected chi connectivity index (χ1v) is 6.28. The molecule has 0 saturated carbocycles. The molecule has 1 N–H and O–H groups in total. The molecule has 0 aromatic rings. The number of hydrogen-bond acceptors (Lipinski definition) is 6. The molecule has 6 heteroatoms. The summed E-state index contributed by atoms with van der Waals surface area (Å²) < 4.78 is 28.2. The third-order valence-electron chi connectivity index (χ3n) is 3.46. The first-order chi connectivity index (χ1) is 8.27. The van der Waals surface area contributed by atoms with Gasteiger partial charge in [0.05, 0.1) is 6.61 Å². The maximum atomic E-state index is 9.87. The molecule has 3 unspecified atom stereocenters. The molecular weight excluding hydrogens is 240 g/mol. The van der Waals surface area contributed by atoms with E-state index < -0.39 is 24.0 Å². The molecule has 0 spiro atoms. The van der Waals surface area contributed by atoms with Crippen LogP contribution in [0.15, 0.2) is 0 Å². The monoisotopic (exact) mass is 260 g/mol. The van der Waals surface area contributed by atoms with E-state index in [1.165, 1.54) is 0 Å². The van der Waals surface area contributed by atoms with E-state index in [0.717, 1.165) is 0 Å². The summed E-state index contributed by atoms with van der Waals surface area (Å²) in [5.41, 5.74) is 0. The fourth-order valence-corrected chi connectivity index (χ4v) is 2.78. The highest BCUT2D eigenvalue weighted by Crippen LogP contribution is 2.41. The van der Waals surface area contributed by atoms with Crippen LogP contribution in [-0.4, -0.2) is 54.0 Å². The van der Waals surface area contributed by atoms with Crippen molar-refractivity contribution in [2.24, 2.45) is 0 Å². The Morgan fingerprint density at radius 2 is 1.56 bits per heavy atom. The summed E-state index contributed by atoms with van der Waals surface area (Å²) in [6.45, 7) is 7.78. The van der Waals surface area contributed by atoms with Crippen molar-refractivity contribution in [1.29, 1.82) is 0 Å². The Balaban J connectivity index is 1.75. The minimum Gasteiger partial charge on any atom is -0.366 e. The predicted molar refractivity (Wildman–Crippen MR) is 59.6 cm³/mol. The fraction of sp³-hybridized carbons (Fsp3) is 1.00. The van der Waals surface area contributed by atoms with Crippen LogP contribution in [0, 0.1) is 0 Å². The predicted octanol–water partition coefficient (Wildman–Crippen LogP) is 0.375. The van der Waals surface area contributed by atoms with Gasteiger partial charge in [0.2, 0.25) is 0 Å². The Morgan fingerprint density at radius 1 is 0.889 bits per heavy atom. The van der Waals surface area contributed by atoms with E-state index in [-0.39, 0.29) is 18.3 Å². The van der Waals surface area contributed by atoms with Crippen LogP contribution < -0.4 is 0 Å². The van der Waals surface area contributed by atoms with Gasteiger partial charge in [-0.2, -0.15) is 0 Å². The highest BCUT2D eigenvalue weighted by atomic mass is 16.8. The second-order valence-electron chi connectivity index (χ2n) is 5.92. The lowest BCUT2D eigenvalue weighted by Gasteiger charge is -2.26. The van der Waals surface area contributed by atoms with Crippen LogP contribution in [0.25, 0.3) is 0 Å². The summed E-state index contributed by atoms with van der Waals surface area (Å²) >= 11 is 0. The van der Waals surface area contributed by atoms with Gasteiger partial charge in [0.25, 0.3) is 0 Å². The number of aliphatic hydroxyl groups is 1. The van der Waals surface area contributed by atoms with Gasteiger partial charge >= 0.3 is 0 Å². The van der Waals surface area contributed by atoms with Gasteiger partial charge in [-0.1, -0.05) is 0 Å². The summed E-state index contributed by atoms with van der Waals surface area (Å²) in [5.74, 6) is -1.32. The number of ether oxygens (including phenoxy) is 5. The van der Waals surface area contributed by atoms with E-state index in [2.05, 4.69) is 0 Å². The molecule has 3 heterocycles. The van der Waals surface area contributed by atoms with Crippen molar-refractivity contribution in [2.75, 3.05) is 6.61 Å². The smallest absolute Gasteiger partial charge is 0.184 e. The normalized spacial score (nSPS) is 49.5. The van der Waals surface area contributed by atoms with Crippen LogP contribution in [0.3, 0.4) is 0 Å². The van der Waals surface area contributed by atoms with Gasteiger partial charge in [0.15, 0.2) is 17.9 Å². The molecule has 0 aromatic heterocycles. The van der Waals surface area contributed by atoms with Gasteiger partial charge in [-0.25, -0.2) is 0 Å². The zero-order valence-corrected chi connectivity index (χ0v) is 11.1. The van der Waals surface area contributed by atoms with Crippen LogP contribution in [0.2, 0.25) is 0 Å². The van der Waals surface area contributed by atoms with Crippen molar-refractivity contribution in [3.8, 4) is 0 Å². The molecule has 6 nitrogen and oxygen atoms in total. The van der Waals surface area contributed by atoms with E-state index in [0.29, 0.717) is 6.61 Å². The van der Waals surface area contributed by atoms with Crippen molar-refractivity contribution in [1.82, 2.24) is 0 Å². The van der Waals surface area contributed by atoms with E-state index >= 15 is 0 Å². The largest absolute Gasteiger partial charge is 0.366 e. The van der Waals surface area contributed by atoms with E-state index in [1.807, 2.05) is 27.7 Å². The van der Waals surface area contributed by atoms with Crippen molar-refractivity contribution < 1.29 is 28.8 Å². The Morgan fingerprint density at radius 3 is 2.17 bits per heavy atom. The molecule has 0 aromatic carbocycles. The fourth-order valence-electron chi connectivity index (χ4n) is 2.78. The Labute approximate surface area is 106 Å². The molecule has 0 bridgehead atoms. The standard InChI is InChI=1S/C12H20O6/c1-11(2)14-5-6(16-11)7-8-9(10(13)15-7)18-12(3,4)17-8/h6-10,13H,5H2,1-4H3/t6?,7-,8?,9-,10?/m1/s1. The minimum absolute atomic E-state index is 0.248. The molecule has 5 atom stereocenters. The first kappa shape index (κ1) is 12.8. The molecule has 0 radical (unpaired) electrons. The summed E-state index contributed by atoms with van der Waals surface area (Å²) in [4.78, 5) is 0. The lowest BCUT2D eigenvalue weighted by molar-refractivity contribution is -0.236. The van der Waals surface area contributed by atoms with Crippen LogP contribution in [0.5, 0.6) is 0 Å². The van der Waals surface area contributed by atoms with Crippen LogP contribution in [0.1, 0.15) is 27.7 Å². The summed E-state index contributed by atoms with van der Waals surface area (Å²) in [6.07, 6.45) is -2.38. The van der Waals surface area contributed by atoms with Crippen LogP contribution >= 0.6 is 0 Å². The third kappa shape index (κ3) is 2.07. The maximum Gasteiger partial charge on any atom is 0.184 e. The number of fused-ring (bicyclic) bond motifs is 1. The van der Waals surface area contributed by atoms with E-state index in [9.17, 15) is 5.11 Å². The lowest BCUT2D eigenvalue weighted by Crippen LogP contribution is -2.40. The van der Waals surface area contributed by atoms with Gasteiger partial charge in [0.1, 0.15) is 24.4 Å². The molecule has 3 aliphatic rings. The molecule has 3 rings (SSSR count). The summed E-state index contributed by atoms with van der Waals surface area (Å²) in [7, 11) is 0. The maximum absolute atomic E-state index is 9.87. The van der Waals surface area contributed by atoms with Crippen LogP contribution in [0.4, 0.5) is 0 Å². The van der Waals surface area contributed by atoms with Gasteiger partial charge < -0.3 is 28.8 Å². The highest BCUT2D eigenvalue weighted by Gasteiger charge is 2.58. The van der Waals surface area contributed by atoms with Gasteiger partial charge in [-0.05, 0) is 27.7 Å². The summed E-state index contributed by atoms with van der Waals surface area (Å²) in [6, 6.07) is 0. The molecule has 0 aliphatic carbocycles. The number of hydrogen-bond donors (Lipinski definition) is 1. The zero-order chi connectivity index (χ0) is 13.1. The van der Waals surface area contributed by atoms with Gasteiger partial charge in [-0.3, -0.25) is 0 Å². The van der Waals surface area contributed by atoms with Gasteiger partial charge in [0, 0.05) is 0 Å². The Hall–Kier alpha value is -0.240. The SMILES string of the molecule is CC1(C)OCC([C@H]2OC(O)[C@@H]3OC(C)(C)OC23)O1. The number of rotatable bonds is 1. The lowest BCUT2D eigenvalue weighted by atomic mass is 10.1. The Kier molecular flexibility index (Phi) is 2.75. The van der Waals surface area contributed by atoms with Crippen molar-refractivity contribution in [2.45, 2.75) is 70.0 Å². The summed E-state index contributed by atoms with van der Waals surface area (Å²) in [5, 5.41) is 9.87. The average Bonchev–Trinajstić information content (AvgIpc) is 2.81. The third-order valence-corrected chi connectivity index (χ3v) is 3.46. The Bertz CT molecular complexity index is 341. The molecule has 3 saturated heterocycles. The van der Waals surface area contributed by atoms with E-state index in [1.54, 1.807) is 0 Å². The van der Waals surface area contributed by atoms with Crippen LogP contribution in [-0.2, 0) is 23.7 Å². The molecule has 3 aliphatic heterocycles. The van der Waals surface area contributed by atoms with Crippen molar-refractivity contribution in [3.63, 3.8) is 0 Å². The second kappa shape index (κ2) is 3.88. The first-order valence-electron chi connectivity index (χ1n) is 6.28. The molecule has 3 fully saturated rings.